The zero-order valence-electron chi connectivity index (χ0n) is 12.1. The summed E-state index contributed by atoms with van der Waals surface area (Å²) in [6, 6.07) is -0.373. The molecule has 1 fully saturated rings. The van der Waals surface area contributed by atoms with E-state index in [0.717, 1.165) is 0 Å². The smallest absolute Gasteiger partial charge is 0.317 e. The van der Waals surface area contributed by atoms with E-state index in [1.807, 2.05) is 13.8 Å². The van der Waals surface area contributed by atoms with Crippen molar-refractivity contribution in [1.82, 2.24) is 9.80 Å². The van der Waals surface area contributed by atoms with E-state index in [0.29, 0.717) is 6.42 Å². The third-order valence-electron chi connectivity index (χ3n) is 3.57. The average molecular weight is 306 g/mol. The number of likely N-dealkylation sites (N-methyl/N-ethyl adjacent to an activating group) is 1. The molecular weight excluding hydrogens is 284 g/mol. The van der Waals surface area contributed by atoms with Gasteiger partial charge in [0.05, 0.1) is 24.6 Å². The molecule has 1 rings (SSSR count). The second-order valence-corrected chi connectivity index (χ2v) is 7.68. The van der Waals surface area contributed by atoms with Crippen LogP contribution in [0, 0.1) is 0 Å². The van der Waals surface area contributed by atoms with Crippen molar-refractivity contribution in [2.75, 3.05) is 31.6 Å². The van der Waals surface area contributed by atoms with E-state index in [4.69, 9.17) is 5.11 Å². The Morgan fingerprint density at radius 2 is 1.90 bits per heavy atom. The van der Waals surface area contributed by atoms with Gasteiger partial charge in [0.1, 0.15) is 0 Å². The minimum Gasteiger partial charge on any atom is -0.480 e. The summed E-state index contributed by atoms with van der Waals surface area (Å²) in [6.07, 6.45) is 0.383. The Hall–Kier alpha value is -1.15. The Kier molecular flexibility index (Phi) is 5.52. The Bertz CT molecular complexity index is 474. The fourth-order valence-corrected chi connectivity index (χ4v) is 3.89. The Morgan fingerprint density at radius 3 is 2.30 bits per heavy atom. The van der Waals surface area contributed by atoms with Crippen molar-refractivity contribution in [1.29, 1.82) is 0 Å². The van der Waals surface area contributed by atoms with Crippen molar-refractivity contribution in [2.45, 2.75) is 32.4 Å². The molecule has 1 unspecified atom stereocenters. The molecule has 0 aromatic heterocycles. The van der Waals surface area contributed by atoms with Gasteiger partial charge in [-0.3, -0.25) is 14.5 Å². The van der Waals surface area contributed by atoms with Gasteiger partial charge in [-0.25, -0.2) is 8.42 Å². The van der Waals surface area contributed by atoms with E-state index in [1.54, 1.807) is 7.05 Å². The van der Waals surface area contributed by atoms with Gasteiger partial charge in [0.15, 0.2) is 9.84 Å². The summed E-state index contributed by atoms with van der Waals surface area (Å²) in [4.78, 5) is 25.9. The number of carboxylic acids is 1. The second-order valence-electron chi connectivity index (χ2n) is 5.45. The molecule has 1 amide bonds. The molecule has 1 saturated heterocycles. The Morgan fingerprint density at radius 1 is 1.30 bits per heavy atom. The highest BCUT2D eigenvalue weighted by Crippen LogP contribution is 2.17. The van der Waals surface area contributed by atoms with E-state index < -0.39 is 15.8 Å². The molecule has 1 aliphatic heterocycles. The number of nitrogens with zero attached hydrogens (tertiary/aromatic N) is 2. The molecule has 1 heterocycles. The maximum atomic E-state index is 12.0. The number of amides is 1. The van der Waals surface area contributed by atoms with Crippen molar-refractivity contribution in [3.05, 3.63) is 0 Å². The number of carboxylic acid groups (broad SMARTS) is 1. The van der Waals surface area contributed by atoms with E-state index in [9.17, 15) is 18.0 Å². The fraction of sp³-hybridized carbons (Fsp3) is 0.833. The number of aliphatic carboxylic acids is 1. The van der Waals surface area contributed by atoms with Gasteiger partial charge in [-0.1, -0.05) is 0 Å². The van der Waals surface area contributed by atoms with Gasteiger partial charge in [-0.05, 0) is 20.3 Å². The number of carbonyl (C=O) groups is 2. The van der Waals surface area contributed by atoms with Crippen LogP contribution in [0.4, 0.5) is 0 Å². The number of hydrogen-bond acceptors (Lipinski definition) is 5. The molecule has 116 valence electrons. The highest BCUT2D eigenvalue weighted by atomic mass is 32.2. The first-order chi connectivity index (χ1) is 9.12. The SMILES string of the molecule is CC(C)N(C)C(=O)CN(CC(=O)O)C1CCS(=O)(=O)C1. The van der Waals surface area contributed by atoms with Crippen molar-refractivity contribution in [3.63, 3.8) is 0 Å². The predicted octanol–water partition coefficient (Wildman–Crippen LogP) is -0.573. The Balaban J connectivity index is 2.75. The molecular formula is C12H22N2O5S. The van der Waals surface area contributed by atoms with Crippen LogP contribution in [-0.2, 0) is 19.4 Å². The molecule has 0 saturated carbocycles. The van der Waals surface area contributed by atoms with Crippen LogP contribution in [-0.4, -0.2) is 78.9 Å². The van der Waals surface area contributed by atoms with Crippen molar-refractivity contribution >= 4 is 21.7 Å². The molecule has 20 heavy (non-hydrogen) atoms. The number of sulfone groups is 1. The highest BCUT2D eigenvalue weighted by Gasteiger charge is 2.34. The van der Waals surface area contributed by atoms with E-state index >= 15 is 0 Å². The first-order valence-electron chi connectivity index (χ1n) is 6.54. The summed E-state index contributed by atoms with van der Waals surface area (Å²) in [5.74, 6) is -1.28. The number of rotatable bonds is 6. The van der Waals surface area contributed by atoms with Gasteiger partial charge in [0.25, 0.3) is 0 Å². The van der Waals surface area contributed by atoms with Crippen LogP contribution >= 0.6 is 0 Å². The molecule has 1 aliphatic rings. The molecule has 8 heteroatoms. The maximum Gasteiger partial charge on any atom is 0.317 e. The van der Waals surface area contributed by atoms with Gasteiger partial charge in [0.2, 0.25) is 5.91 Å². The summed E-state index contributed by atoms with van der Waals surface area (Å²) in [5, 5.41) is 8.92. The van der Waals surface area contributed by atoms with Gasteiger partial charge in [0, 0.05) is 19.1 Å². The topological polar surface area (TPSA) is 95.0 Å². The molecule has 0 radical (unpaired) electrons. The molecule has 0 spiro atoms. The molecule has 1 N–H and O–H groups in total. The molecule has 0 aliphatic carbocycles. The van der Waals surface area contributed by atoms with E-state index in [1.165, 1.54) is 9.80 Å². The highest BCUT2D eigenvalue weighted by molar-refractivity contribution is 7.91. The molecule has 0 aromatic rings. The summed E-state index contributed by atoms with van der Waals surface area (Å²) in [6.45, 7) is 3.33. The standard InChI is InChI=1S/C12H22N2O5S/c1-9(2)13(3)11(15)6-14(7-12(16)17)10-4-5-20(18,19)8-10/h9-10H,4-8H2,1-3H3,(H,16,17). The van der Waals surface area contributed by atoms with Crippen molar-refractivity contribution < 1.29 is 23.1 Å². The monoisotopic (exact) mass is 306 g/mol. The fourth-order valence-electron chi connectivity index (χ4n) is 2.12. The molecule has 7 nitrogen and oxygen atoms in total. The third kappa shape index (κ3) is 4.75. The Labute approximate surface area is 119 Å². The summed E-state index contributed by atoms with van der Waals surface area (Å²) < 4.78 is 23.0. The van der Waals surface area contributed by atoms with Crippen LogP contribution in [0.3, 0.4) is 0 Å². The van der Waals surface area contributed by atoms with Crippen molar-refractivity contribution in [2.24, 2.45) is 0 Å². The molecule has 0 bridgehead atoms. The average Bonchev–Trinajstić information content (AvgIpc) is 2.67. The summed E-state index contributed by atoms with van der Waals surface area (Å²) in [5.41, 5.74) is 0. The predicted molar refractivity (Wildman–Crippen MR) is 74.2 cm³/mol. The van der Waals surface area contributed by atoms with Crippen LogP contribution in [0.5, 0.6) is 0 Å². The quantitative estimate of drug-likeness (QED) is 0.706. The molecule has 1 atom stereocenters. The maximum absolute atomic E-state index is 12.0. The van der Waals surface area contributed by atoms with E-state index in [-0.39, 0.29) is 42.6 Å². The molecule has 0 aromatic carbocycles. The largest absolute Gasteiger partial charge is 0.480 e. The van der Waals surface area contributed by atoms with Crippen molar-refractivity contribution in [3.8, 4) is 0 Å². The lowest BCUT2D eigenvalue weighted by atomic mass is 10.2. The summed E-state index contributed by atoms with van der Waals surface area (Å²) in [7, 11) is -1.46. The van der Waals surface area contributed by atoms with Crippen LogP contribution in [0.15, 0.2) is 0 Å². The minimum absolute atomic E-state index is 0.0153. The van der Waals surface area contributed by atoms with Crippen LogP contribution < -0.4 is 0 Å². The zero-order valence-corrected chi connectivity index (χ0v) is 12.9. The lowest BCUT2D eigenvalue weighted by Crippen LogP contribution is -2.47. The van der Waals surface area contributed by atoms with E-state index in [2.05, 4.69) is 0 Å². The number of carbonyl (C=O) groups excluding carboxylic acids is 1. The zero-order chi connectivity index (χ0) is 15.5. The van der Waals surface area contributed by atoms with Crippen LogP contribution in [0.25, 0.3) is 0 Å². The lowest BCUT2D eigenvalue weighted by molar-refractivity contribution is -0.140. The van der Waals surface area contributed by atoms with Gasteiger partial charge in [-0.15, -0.1) is 0 Å². The first-order valence-corrected chi connectivity index (χ1v) is 8.36. The van der Waals surface area contributed by atoms with Crippen LogP contribution in [0.2, 0.25) is 0 Å². The second kappa shape index (κ2) is 6.53. The third-order valence-corrected chi connectivity index (χ3v) is 5.32. The number of hydrogen-bond donors (Lipinski definition) is 1. The van der Waals surface area contributed by atoms with Gasteiger partial charge in [-0.2, -0.15) is 0 Å². The van der Waals surface area contributed by atoms with Gasteiger partial charge >= 0.3 is 5.97 Å². The lowest BCUT2D eigenvalue weighted by Gasteiger charge is -2.29. The van der Waals surface area contributed by atoms with Gasteiger partial charge < -0.3 is 10.0 Å². The van der Waals surface area contributed by atoms with Crippen LogP contribution in [0.1, 0.15) is 20.3 Å². The summed E-state index contributed by atoms with van der Waals surface area (Å²) >= 11 is 0. The minimum atomic E-state index is -3.11. The first kappa shape index (κ1) is 16.9. The normalized spacial score (nSPS) is 21.4.